The first-order valence-corrected chi connectivity index (χ1v) is 11.6. The highest BCUT2D eigenvalue weighted by molar-refractivity contribution is 5.09. The SMILES string of the molecule is C=CCC1CCC2C(C)C(C)(C(C)OC(O)C3CCCO3)CCC2C1(N)CC. The summed E-state index contributed by atoms with van der Waals surface area (Å²) >= 11 is 0. The summed E-state index contributed by atoms with van der Waals surface area (Å²) in [5, 5.41) is 10.5. The molecule has 28 heavy (non-hydrogen) atoms. The number of hydrogen-bond donors (Lipinski definition) is 2. The Balaban J connectivity index is 1.72. The second kappa shape index (κ2) is 8.75. The molecule has 3 fully saturated rings. The van der Waals surface area contributed by atoms with Gasteiger partial charge < -0.3 is 20.3 Å². The first-order valence-electron chi connectivity index (χ1n) is 11.6. The standard InChI is InChI=1S/C24H43NO3/c1-6-9-18-11-12-19-16(3)23(5,14-13-20(19)24(18,25)7-2)17(4)28-22(26)21-10-8-15-27-21/h6,16-22,26H,1,7-15,25H2,2-5H3. The molecule has 9 unspecified atom stereocenters. The highest BCUT2D eigenvalue weighted by Crippen LogP contribution is 2.58. The van der Waals surface area contributed by atoms with Gasteiger partial charge in [0.05, 0.1) is 6.10 Å². The van der Waals surface area contributed by atoms with Crippen LogP contribution in [0.3, 0.4) is 0 Å². The summed E-state index contributed by atoms with van der Waals surface area (Å²) in [4.78, 5) is 0. The molecule has 0 bridgehead atoms. The maximum atomic E-state index is 10.5. The molecule has 1 saturated heterocycles. The molecule has 2 saturated carbocycles. The van der Waals surface area contributed by atoms with E-state index in [9.17, 15) is 5.11 Å². The number of fused-ring (bicyclic) bond motifs is 1. The Morgan fingerprint density at radius 1 is 1.32 bits per heavy atom. The molecule has 3 aliphatic rings. The number of hydrogen-bond acceptors (Lipinski definition) is 4. The fourth-order valence-electron chi connectivity index (χ4n) is 6.77. The number of nitrogens with two attached hydrogens (primary N) is 1. The van der Waals surface area contributed by atoms with Crippen molar-refractivity contribution in [2.24, 2.45) is 34.8 Å². The van der Waals surface area contributed by atoms with Crippen LogP contribution in [-0.4, -0.2) is 35.8 Å². The minimum absolute atomic E-state index is 0.00218. The summed E-state index contributed by atoms with van der Waals surface area (Å²) in [6.45, 7) is 13.9. The fraction of sp³-hybridized carbons (Fsp3) is 0.917. The molecule has 2 aliphatic carbocycles. The van der Waals surface area contributed by atoms with Crippen LogP contribution in [0.4, 0.5) is 0 Å². The van der Waals surface area contributed by atoms with Crippen molar-refractivity contribution >= 4 is 0 Å². The van der Waals surface area contributed by atoms with Gasteiger partial charge in [-0.15, -0.1) is 6.58 Å². The van der Waals surface area contributed by atoms with E-state index in [0.29, 0.717) is 23.7 Å². The zero-order chi connectivity index (χ0) is 20.5. The molecule has 4 heteroatoms. The Labute approximate surface area is 172 Å². The molecule has 0 aromatic heterocycles. The zero-order valence-corrected chi connectivity index (χ0v) is 18.5. The minimum Gasteiger partial charge on any atom is -0.373 e. The largest absolute Gasteiger partial charge is 0.373 e. The number of aliphatic hydroxyl groups is 1. The molecule has 1 aliphatic heterocycles. The van der Waals surface area contributed by atoms with E-state index in [2.05, 4.69) is 40.3 Å². The summed E-state index contributed by atoms with van der Waals surface area (Å²) in [7, 11) is 0. The van der Waals surface area contributed by atoms with Crippen molar-refractivity contribution in [3.63, 3.8) is 0 Å². The molecular weight excluding hydrogens is 350 g/mol. The van der Waals surface area contributed by atoms with Crippen molar-refractivity contribution in [1.29, 1.82) is 0 Å². The van der Waals surface area contributed by atoms with Gasteiger partial charge in [0, 0.05) is 12.1 Å². The third-order valence-electron chi connectivity index (χ3n) is 9.11. The van der Waals surface area contributed by atoms with Crippen LogP contribution < -0.4 is 5.73 Å². The molecule has 1 heterocycles. The lowest BCUT2D eigenvalue weighted by atomic mass is 9.48. The van der Waals surface area contributed by atoms with Gasteiger partial charge in [0.25, 0.3) is 0 Å². The predicted octanol–water partition coefficient (Wildman–Crippen LogP) is 4.65. The molecule has 0 aromatic rings. The van der Waals surface area contributed by atoms with Crippen molar-refractivity contribution in [2.45, 2.75) is 103 Å². The minimum atomic E-state index is -0.813. The summed E-state index contributed by atoms with van der Waals surface area (Å²) in [6, 6.07) is 0. The normalized spacial score (nSPS) is 46.0. The molecule has 4 nitrogen and oxygen atoms in total. The Hall–Kier alpha value is -0.420. The van der Waals surface area contributed by atoms with Gasteiger partial charge in [-0.3, -0.25) is 0 Å². The van der Waals surface area contributed by atoms with Crippen LogP contribution in [0.1, 0.15) is 79.1 Å². The molecule has 0 radical (unpaired) electrons. The number of allylic oxidation sites excluding steroid dienone is 1. The van der Waals surface area contributed by atoms with Crippen LogP contribution in [0.5, 0.6) is 0 Å². The van der Waals surface area contributed by atoms with Crippen LogP contribution in [0, 0.1) is 29.1 Å². The summed E-state index contributed by atoms with van der Waals surface area (Å²) in [5.74, 6) is 2.30. The zero-order valence-electron chi connectivity index (χ0n) is 18.5. The van der Waals surface area contributed by atoms with Gasteiger partial charge in [0.1, 0.15) is 6.10 Å². The molecular formula is C24H43NO3. The van der Waals surface area contributed by atoms with E-state index < -0.39 is 6.29 Å². The van der Waals surface area contributed by atoms with Gasteiger partial charge in [-0.1, -0.05) is 26.8 Å². The molecule has 0 aromatic carbocycles. The van der Waals surface area contributed by atoms with Crippen molar-refractivity contribution in [1.82, 2.24) is 0 Å². The lowest BCUT2D eigenvalue weighted by Gasteiger charge is -2.59. The number of ether oxygens (including phenoxy) is 2. The van der Waals surface area contributed by atoms with E-state index in [0.717, 1.165) is 45.1 Å². The van der Waals surface area contributed by atoms with Gasteiger partial charge in [-0.2, -0.15) is 0 Å². The monoisotopic (exact) mass is 393 g/mol. The Morgan fingerprint density at radius 3 is 2.68 bits per heavy atom. The quantitative estimate of drug-likeness (QED) is 0.488. The molecule has 0 amide bonds. The van der Waals surface area contributed by atoms with Crippen LogP contribution in [0.25, 0.3) is 0 Å². The Morgan fingerprint density at radius 2 is 2.07 bits per heavy atom. The van der Waals surface area contributed by atoms with Crippen molar-refractivity contribution in [3.8, 4) is 0 Å². The summed E-state index contributed by atoms with van der Waals surface area (Å²) < 4.78 is 11.8. The van der Waals surface area contributed by atoms with E-state index in [1.807, 2.05) is 0 Å². The summed E-state index contributed by atoms with van der Waals surface area (Å²) in [5.41, 5.74) is 7.08. The molecule has 0 spiro atoms. The first-order chi connectivity index (χ1) is 13.3. The highest BCUT2D eigenvalue weighted by atomic mass is 16.6. The van der Waals surface area contributed by atoms with Gasteiger partial charge in [-0.25, -0.2) is 0 Å². The highest BCUT2D eigenvalue weighted by Gasteiger charge is 2.55. The molecule has 3 N–H and O–H groups in total. The van der Waals surface area contributed by atoms with E-state index in [1.54, 1.807) is 0 Å². The van der Waals surface area contributed by atoms with Gasteiger partial charge >= 0.3 is 0 Å². The van der Waals surface area contributed by atoms with Gasteiger partial charge in [0.2, 0.25) is 0 Å². The van der Waals surface area contributed by atoms with Crippen LogP contribution in [0.2, 0.25) is 0 Å². The molecule has 3 rings (SSSR count). The van der Waals surface area contributed by atoms with Crippen molar-refractivity contribution < 1.29 is 14.6 Å². The molecule has 162 valence electrons. The number of aliphatic hydroxyl groups excluding tert-OH is 1. The Bertz CT molecular complexity index is 534. The van der Waals surface area contributed by atoms with Gasteiger partial charge in [0.15, 0.2) is 6.29 Å². The van der Waals surface area contributed by atoms with Crippen LogP contribution in [-0.2, 0) is 9.47 Å². The topological polar surface area (TPSA) is 64.7 Å². The third kappa shape index (κ3) is 3.82. The van der Waals surface area contributed by atoms with E-state index in [-0.39, 0.29) is 23.2 Å². The average Bonchev–Trinajstić information content (AvgIpc) is 3.22. The van der Waals surface area contributed by atoms with Crippen LogP contribution >= 0.6 is 0 Å². The average molecular weight is 394 g/mol. The molecule has 9 atom stereocenters. The van der Waals surface area contributed by atoms with E-state index >= 15 is 0 Å². The van der Waals surface area contributed by atoms with E-state index in [4.69, 9.17) is 15.2 Å². The lowest BCUT2D eigenvalue weighted by Crippen LogP contribution is -2.62. The lowest BCUT2D eigenvalue weighted by molar-refractivity contribution is -0.225. The maximum Gasteiger partial charge on any atom is 0.181 e. The van der Waals surface area contributed by atoms with Crippen molar-refractivity contribution in [3.05, 3.63) is 12.7 Å². The number of rotatable bonds is 7. The second-order valence-corrected chi connectivity index (χ2v) is 10.1. The smallest absolute Gasteiger partial charge is 0.181 e. The third-order valence-corrected chi connectivity index (χ3v) is 9.11. The maximum absolute atomic E-state index is 10.5. The van der Waals surface area contributed by atoms with E-state index in [1.165, 1.54) is 12.8 Å². The Kier molecular flexibility index (Phi) is 6.96. The predicted molar refractivity (Wildman–Crippen MR) is 114 cm³/mol. The van der Waals surface area contributed by atoms with Crippen molar-refractivity contribution in [2.75, 3.05) is 6.61 Å². The van der Waals surface area contributed by atoms with Crippen LogP contribution in [0.15, 0.2) is 12.7 Å². The second-order valence-electron chi connectivity index (χ2n) is 10.1. The fourth-order valence-corrected chi connectivity index (χ4v) is 6.77. The first kappa shape index (κ1) is 22.3. The van der Waals surface area contributed by atoms with Gasteiger partial charge in [-0.05, 0) is 87.4 Å². The summed E-state index contributed by atoms with van der Waals surface area (Å²) in [6.07, 6.45) is 9.78.